The molecular weight excluding hydrogens is 278 g/mol. The van der Waals surface area contributed by atoms with Crippen LogP contribution in [0.5, 0.6) is 11.5 Å². The quantitative estimate of drug-likeness (QED) is 0.847. The van der Waals surface area contributed by atoms with Crippen LogP contribution in [0.3, 0.4) is 0 Å². The van der Waals surface area contributed by atoms with E-state index in [4.69, 9.17) is 14.2 Å². The third kappa shape index (κ3) is 2.88. The van der Waals surface area contributed by atoms with E-state index in [0.717, 1.165) is 30.2 Å². The first-order valence-corrected chi connectivity index (χ1v) is 7.33. The van der Waals surface area contributed by atoms with Gasteiger partial charge in [-0.2, -0.15) is 0 Å². The van der Waals surface area contributed by atoms with Gasteiger partial charge in [0.15, 0.2) is 0 Å². The van der Waals surface area contributed by atoms with E-state index in [9.17, 15) is 0 Å². The number of anilines is 1. The van der Waals surface area contributed by atoms with E-state index in [1.807, 2.05) is 18.2 Å². The fourth-order valence-electron chi connectivity index (χ4n) is 2.73. The molecule has 22 heavy (non-hydrogen) atoms. The van der Waals surface area contributed by atoms with Crippen molar-refractivity contribution in [2.75, 3.05) is 26.2 Å². The maximum Gasteiger partial charge on any atom is 0.127 e. The van der Waals surface area contributed by atoms with E-state index in [1.165, 1.54) is 16.8 Å². The molecule has 0 N–H and O–H groups in total. The number of hydrogen-bond acceptors (Lipinski definition) is 4. The van der Waals surface area contributed by atoms with E-state index in [2.05, 4.69) is 30.1 Å². The standard InChI is InChI=1S/C18H21NO3/c1-19(16-6-4-14-11-22-12-15(14)8-16)10-13-5-7-17(20-2)9-18(13)21-3/h4-9H,10-12H2,1-3H3. The molecule has 116 valence electrons. The third-order valence-electron chi connectivity index (χ3n) is 4.05. The summed E-state index contributed by atoms with van der Waals surface area (Å²) in [5, 5.41) is 0. The molecule has 0 bridgehead atoms. The molecule has 0 fully saturated rings. The normalized spacial score (nSPS) is 12.9. The van der Waals surface area contributed by atoms with Crippen LogP contribution in [-0.4, -0.2) is 21.3 Å². The minimum absolute atomic E-state index is 0.711. The highest BCUT2D eigenvalue weighted by Gasteiger charge is 2.14. The fourth-order valence-corrected chi connectivity index (χ4v) is 2.73. The SMILES string of the molecule is COc1ccc(CN(C)c2ccc3c(c2)COC3)c(OC)c1. The van der Waals surface area contributed by atoms with Crippen LogP contribution in [0.25, 0.3) is 0 Å². The highest BCUT2D eigenvalue weighted by atomic mass is 16.5. The largest absolute Gasteiger partial charge is 0.497 e. The first-order valence-electron chi connectivity index (χ1n) is 7.33. The van der Waals surface area contributed by atoms with E-state index in [-0.39, 0.29) is 0 Å². The second-order valence-electron chi connectivity index (χ2n) is 5.48. The summed E-state index contributed by atoms with van der Waals surface area (Å²) >= 11 is 0. The maximum absolute atomic E-state index is 5.48. The van der Waals surface area contributed by atoms with Crippen LogP contribution in [0.2, 0.25) is 0 Å². The van der Waals surface area contributed by atoms with Crippen molar-refractivity contribution in [3.63, 3.8) is 0 Å². The Morgan fingerprint density at radius 3 is 2.59 bits per heavy atom. The number of hydrogen-bond donors (Lipinski definition) is 0. The van der Waals surface area contributed by atoms with E-state index < -0.39 is 0 Å². The van der Waals surface area contributed by atoms with Crippen LogP contribution in [0, 0.1) is 0 Å². The average Bonchev–Trinajstić information content (AvgIpc) is 3.02. The lowest BCUT2D eigenvalue weighted by molar-refractivity contribution is 0.134. The molecule has 4 nitrogen and oxygen atoms in total. The molecule has 0 unspecified atom stereocenters. The third-order valence-corrected chi connectivity index (χ3v) is 4.05. The molecule has 0 aliphatic carbocycles. The first-order chi connectivity index (χ1) is 10.7. The number of ether oxygens (including phenoxy) is 3. The van der Waals surface area contributed by atoms with Crippen LogP contribution < -0.4 is 14.4 Å². The van der Waals surface area contributed by atoms with Gasteiger partial charge in [0, 0.05) is 30.9 Å². The number of methoxy groups -OCH3 is 2. The minimum atomic E-state index is 0.711. The smallest absolute Gasteiger partial charge is 0.127 e. The van der Waals surface area contributed by atoms with Gasteiger partial charge in [0.05, 0.1) is 27.4 Å². The van der Waals surface area contributed by atoms with Crippen LogP contribution >= 0.6 is 0 Å². The van der Waals surface area contributed by atoms with Crippen molar-refractivity contribution in [2.24, 2.45) is 0 Å². The summed E-state index contributed by atoms with van der Waals surface area (Å²) in [6, 6.07) is 12.4. The summed E-state index contributed by atoms with van der Waals surface area (Å²) in [6.07, 6.45) is 0. The van der Waals surface area contributed by atoms with Crippen molar-refractivity contribution in [3.05, 3.63) is 53.1 Å². The molecule has 0 aromatic heterocycles. The summed E-state index contributed by atoms with van der Waals surface area (Å²) in [6.45, 7) is 2.21. The van der Waals surface area contributed by atoms with E-state index in [0.29, 0.717) is 6.61 Å². The lowest BCUT2D eigenvalue weighted by Gasteiger charge is -2.21. The van der Waals surface area contributed by atoms with Crippen LogP contribution in [0.4, 0.5) is 5.69 Å². The predicted molar refractivity (Wildman–Crippen MR) is 86.6 cm³/mol. The summed E-state index contributed by atoms with van der Waals surface area (Å²) in [5.74, 6) is 1.65. The molecule has 0 saturated carbocycles. The number of benzene rings is 2. The van der Waals surface area contributed by atoms with Gasteiger partial charge in [0.1, 0.15) is 11.5 Å². The zero-order valence-electron chi connectivity index (χ0n) is 13.3. The Hall–Kier alpha value is -2.20. The van der Waals surface area contributed by atoms with Gasteiger partial charge >= 0.3 is 0 Å². The molecular formula is C18H21NO3. The summed E-state index contributed by atoms with van der Waals surface area (Å²) in [4.78, 5) is 2.21. The van der Waals surface area contributed by atoms with Gasteiger partial charge in [0.2, 0.25) is 0 Å². The van der Waals surface area contributed by atoms with Crippen molar-refractivity contribution in [1.29, 1.82) is 0 Å². The van der Waals surface area contributed by atoms with Crippen molar-refractivity contribution in [3.8, 4) is 11.5 Å². The average molecular weight is 299 g/mol. The predicted octanol–water partition coefficient (Wildman–Crippen LogP) is 3.37. The Morgan fingerprint density at radius 1 is 1.00 bits per heavy atom. The summed E-state index contributed by atoms with van der Waals surface area (Å²) < 4.78 is 16.2. The molecule has 3 rings (SSSR count). The number of rotatable bonds is 5. The number of nitrogens with zero attached hydrogens (tertiary/aromatic N) is 1. The zero-order valence-corrected chi connectivity index (χ0v) is 13.3. The molecule has 0 amide bonds. The van der Waals surface area contributed by atoms with Crippen LogP contribution in [-0.2, 0) is 24.5 Å². The number of fused-ring (bicyclic) bond motifs is 1. The second-order valence-corrected chi connectivity index (χ2v) is 5.48. The van der Waals surface area contributed by atoms with Gasteiger partial charge in [-0.15, -0.1) is 0 Å². The highest BCUT2D eigenvalue weighted by Crippen LogP contribution is 2.29. The topological polar surface area (TPSA) is 30.9 Å². The van der Waals surface area contributed by atoms with Gasteiger partial charge in [-0.1, -0.05) is 6.07 Å². The van der Waals surface area contributed by atoms with Crippen molar-refractivity contribution in [1.82, 2.24) is 0 Å². The summed E-state index contributed by atoms with van der Waals surface area (Å²) in [7, 11) is 5.43. The van der Waals surface area contributed by atoms with Crippen molar-refractivity contribution in [2.45, 2.75) is 19.8 Å². The van der Waals surface area contributed by atoms with E-state index in [1.54, 1.807) is 14.2 Å². The fraction of sp³-hybridized carbons (Fsp3) is 0.333. The Balaban J connectivity index is 1.80. The molecule has 0 atom stereocenters. The Bertz CT molecular complexity index is 669. The molecule has 0 saturated heterocycles. The van der Waals surface area contributed by atoms with Crippen LogP contribution in [0.1, 0.15) is 16.7 Å². The molecule has 1 aliphatic rings. The molecule has 2 aromatic rings. The van der Waals surface area contributed by atoms with Gasteiger partial charge in [0.25, 0.3) is 0 Å². The monoisotopic (exact) mass is 299 g/mol. The lowest BCUT2D eigenvalue weighted by Crippen LogP contribution is -2.17. The molecule has 1 heterocycles. The summed E-state index contributed by atoms with van der Waals surface area (Å²) in [5.41, 5.74) is 4.88. The minimum Gasteiger partial charge on any atom is -0.497 e. The maximum atomic E-state index is 5.48. The van der Waals surface area contributed by atoms with E-state index >= 15 is 0 Å². The highest BCUT2D eigenvalue weighted by molar-refractivity contribution is 5.52. The van der Waals surface area contributed by atoms with Gasteiger partial charge < -0.3 is 19.1 Å². The first kappa shape index (κ1) is 14.7. The Kier molecular flexibility index (Phi) is 4.20. The zero-order chi connectivity index (χ0) is 15.5. The van der Waals surface area contributed by atoms with Crippen molar-refractivity contribution >= 4 is 5.69 Å². The molecule has 0 spiro atoms. The Morgan fingerprint density at radius 2 is 1.82 bits per heavy atom. The lowest BCUT2D eigenvalue weighted by atomic mass is 10.1. The van der Waals surface area contributed by atoms with Gasteiger partial charge in [-0.05, 0) is 35.4 Å². The molecule has 2 aromatic carbocycles. The van der Waals surface area contributed by atoms with Gasteiger partial charge in [-0.25, -0.2) is 0 Å². The van der Waals surface area contributed by atoms with Crippen LogP contribution in [0.15, 0.2) is 36.4 Å². The van der Waals surface area contributed by atoms with Gasteiger partial charge in [-0.3, -0.25) is 0 Å². The molecule has 4 heteroatoms. The molecule has 0 radical (unpaired) electrons. The Labute approximate surface area is 131 Å². The second kappa shape index (κ2) is 6.28. The molecule has 1 aliphatic heterocycles. The van der Waals surface area contributed by atoms with Crippen molar-refractivity contribution < 1.29 is 14.2 Å².